The van der Waals surface area contributed by atoms with E-state index in [2.05, 4.69) is 4.98 Å². The maximum atomic E-state index is 14.5. The first kappa shape index (κ1) is 20.4. The fraction of sp³-hybridized carbons (Fsp3) is 0.438. The quantitative estimate of drug-likeness (QED) is 0.647. The molecule has 0 fully saturated rings. The molecule has 0 radical (unpaired) electrons. The minimum atomic E-state index is -6.47. The van der Waals surface area contributed by atoms with Crippen molar-refractivity contribution in [2.75, 3.05) is 0 Å². The second-order valence-electron chi connectivity index (χ2n) is 6.38. The molecule has 0 amide bonds. The van der Waals surface area contributed by atoms with Crippen molar-refractivity contribution < 1.29 is 45.0 Å². The van der Waals surface area contributed by atoms with Gasteiger partial charge >= 0.3 is 30.2 Å². The molecule has 12 heteroatoms. The van der Waals surface area contributed by atoms with E-state index >= 15 is 0 Å². The van der Waals surface area contributed by atoms with Crippen LogP contribution in [0.4, 0.5) is 35.1 Å². The summed E-state index contributed by atoms with van der Waals surface area (Å²) in [6.45, 7) is 0. The number of fused-ring (bicyclic) bond motifs is 3. The van der Waals surface area contributed by atoms with Crippen LogP contribution in [0.5, 0.6) is 0 Å². The monoisotopic (exact) mass is 416 g/mol. The normalized spacial score (nSPS) is 21.2. The fourth-order valence-corrected chi connectivity index (χ4v) is 3.22. The summed E-state index contributed by atoms with van der Waals surface area (Å²) >= 11 is 0. The Morgan fingerprint density at radius 1 is 1.11 bits per heavy atom. The van der Waals surface area contributed by atoms with Crippen LogP contribution in [0.1, 0.15) is 17.3 Å². The predicted octanol–water partition coefficient (Wildman–Crippen LogP) is 3.98. The number of carboxylic acid groups (broad SMARTS) is 1. The third-order valence-electron chi connectivity index (χ3n) is 4.68. The molecule has 28 heavy (non-hydrogen) atoms. The molecule has 1 aliphatic heterocycles. The number of hydrogen-bond acceptors (Lipinski definition) is 2. The van der Waals surface area contributed by atoms with Crippen molar-refractivity contribution in [2.24, 2.45) is 0 Å². The van der Waals surface area contributed by atoms with Crippen LogP contribution in [-0.4, -0.2) is 46.3 Å². The number of hydrogen-bond donors (Lipinski definition) is 3. The number of aliphatic carboxylic acids is 1. The van der Waals surface area contributed by atoms with Gasteiger partial charge in [-0.2, -0.15) is 26.3 Å². The molecule has 3 N–H and O–H groups in total. The summed E-state index contributed by atoms with van der Waals surface area (Å²) in [5.41, 5.74) is -0.582. The molecule has 2 atom stereocenters. The Morgan fingerprint density at radius 2 is 1.71 bits per heavy atom. The van der Waals surface area contributed by atoms with Crippen LogP contribution >= 0.6 is 0 Å². The Hall–Kier alpha value is -2.37. The van der Waals surface area contributed by atoms with Crippen LogP contribution in [-0.2, 0) is 11.2 Å². The maximum absolute atomic E-state index is 14.5. The number of carboxylic acids is 1. The van der Waals surface area contributed by atoms with Gasteiger partial charge in [-0.3, -0.25) is 10.1 Å². The number of H-pyrrole nitrogens is 1. The van der Waals surface area contributed by atoms with E-state index in [9.17, 15) is 39.9 Å². The standard InChI is InChI=1S/C16H12F8N2O2/c17-13(18)15(21,22)16(23,24)14(19,20)11-10-7(5-9(26-11)12(27)28)6-3-1-2-4-8(6)25-10/h1-4,9,11,13,25-26H,5H2,(H,27,28)/t9-,11+/m1/s1. The van der Waals surface area contributed by atoms with Gasteiger partial charge in [0.2, 0.25) is 0 Å². The highest BCUT2D eigenvalue weighted by atomic mass is 19.4. The van der Waals surface area contributed by atoms with Crippen LogP contribution in [0.2, 0.25) is 0 Å². The Balaban J connectivity index is 2.19. The lowest BCUT2D eigenvalue weighted by Crippen LogP contribution is -2.63. The molecule has 1 aromatic heterocycles. The number of halogens is 8. The van der Waals surface area contributed by atoms with Gasteiger partial charge in [0, 0.05) is 23.0 Å². The van der Waals surface area contributed by atoms with Crippen molar-refractivity contribution >= 4 is 16.9 Å². The molecule has 0 unspecified atom stereocenters. The molecule has 154 valence electrons. The highest BCUT2D eigenvalue weighted by molar-refractivity contribution is 5.86. The number of carbonyl (C=O) groups is 1. The van der Waals surface area contributed by atoms with Gasteiger partial charge in [-0.05, 0) is 11.6 Å². The molecule has 0 saturated heterocycles. The first-order valence-electron chi connectivity index (χ1n) is 7.82. The summed E-state index contributed by atoms with van der Waals surface area (Å²) in [5.74, 6) is -20.3. The summed E-state index contributed by atoms with van der Waals surface area (Å²) in [7, 11) is 0. The highest BCUT2D eigenvalue weighted by Gasteiger charge is 2.78. The Bertz CT molecular complexity index is 911. The number of aromatic amines is 1. The van der Waals surface area contributed by atoms with E-state index in [0.29, 0.717) is 0 Å². The molecule has 0 aliphatic carbocycles. The van der Waals surface area contributed by atoms with Gasteiger partial charge in [-0.25, -0.2) is 8.78 Å². The van der Waals surface area contributed by atoms with Crippen LogP contribution in [0, 0.1) is 0 Å². The summed E-state index contributed by atoms with van der Waals surface area (Å²) < 4.78 is 108. The molecule has 2 heterocycles. The lowest BCUT2D eigenvalue weighted by Gasteiger charge is -2.40. The summed E-state index contributed by atoms with van der Waals surface area (Å²) in [6.07, 6.45) is -5.47. The van der Waals surface area contributed by atoms with Gasteiger partial charge in [-0.15, -0.1) is 0 Å². The largest absolute Gasteiger partial charge is 0.480 e. The molecule has 4 nitrogen and oxygen atoms in total. The van der Waals surface area contributed by atoms with Gasteiger partial charge < -0.3 is 10.1 Å². The van der Waals surface area contributed by atoms with Gasteiger partial charge in [-0.1, -0.05) is 18.2 Å². The van der Waals surface area contributed by atoms with Gasteiger partial charge in [0.25, 0.3) is 0 Å². The zero-order valence-corrected chi connectivity index (χ0v) is 13.6. The van der Waals surface area contributed by atoms with Crippen molar-refractivity contribution in [3.63, 3.8) is 0 Å². The second kappa shape index (κ2) is 6.33. The van der Waals surface area contributed by atoms with E-state index in [4.69, 9.17) is 5.11 Å². The first-order chi connectivity index (χ1) is 12.8. The number of benzene rings is 1. The maximum Gasteiger partial charge on any atom is 0.379 e. The van der Waals surface area contributed by atoms with Crippen LogP contribution < -0.4 is 5.32 Å². The highest BCUT2D eigenvalue weighted by Crippen LogP contribution is 2.54. The third-order valence-corrected chi connectivity index (χ3v) is 4.68. The van der Waals surface area contributed by atoms with E-state index in [-0.39, 0.29) is 16.5 Å². The molecular formula is C16H12F8N2O2. The average molecular weight is 416 g/mol. The van der Waals surface area contributed by atoms with E-state index in [1.807, 2.05) is 0 Å². The minimum absolute atomic E-state index is 0.0948. The van der Waals surface area contributed by atoms with E-state index < -0.39 is 54.4 Å². The molecule has 0 saturated carbocycles. The smallest absolute Gasteiger partial charge is 0.379 e. The van der Waals surface area contributed by atoms with Crippen molar-refractivity contribution in [1.29, 1.82) is 0 Å². The molecular weight excluding hydrogens is 404 g/mol. The van der Waals surface area contributed by atoms with Crippen LogP contribution in [0.25, 0.3) is 10.9 Å². The number of rotatable bonds is 5. The average Bonchev–Trinajstić information content (AvgIpc) is 2.98. The second-order valence-corrected chi connectivity index (χ2v) is 6.38. The predicted molar refractivity (Wildman–Crippen MR) is 80.1 cm³/mol. The minimum Gasteiger partial charge on any atom is -0.480 e. The molecule has 2 aromatic rings. The number of para-hydroxylation sites is 1. The van der Waals surface area contributed by atoms with E-state index in [1.165, 1.54) is 24.3 Å². The van der Waals surface area contributed by atoms with Crippen molar-refractivity contribution in [2.45, 2.75) is 42.7 Å². The van der Waals surface area contributed by atoms with Crippen LogP contribution in [0.15, 0.2) is 24.3 Å². The Morgan fingerprint density at radius 3 is 2.29 bits per heavy atom. The summed E-state index contributed by atoms with van der Waals surface area (Å²) in [4.78, 5) is 13.7. The van der Waals surface area contributed by atoms with Crippen molar-refractivity contribution in [3.8, 4) is 0 Å². The molecule has 3 rings (SSSR count). The SMILES string of the molecule is O=C(O)[C@H]1Cc2c([nH]c3ccccc23)[C@@H](C(F)(F)C(F)(F)C(F)(F)C(F)F)N1. The lowest BCUT2D eigenvalue weighted by atomic mass is 9.87. The third kappa shape index (κ3) is 2.73. The zero-order chi connectivity index (χ0) is 21.1. The number of alkyl halides is 8. The lowest BCUT2D eigenvalue weighted by molar-refractivity contribution is -0.346. The van der Waals surface area contributed by atoms with E-state index in [1.54, 1.807) is 5.32 Å². The number of aromatic nitrogens is 1. The van der Waals surface area contributed by atoms with Gasteiger partial charge in [0.05, 0.1) is 0 Å². The van der Waals surface area contributed by atoms with Gasteiger partial charge in [0.15, 0.2) is 0 Å². The Kier molecular flexibility index (Phi) is 4.60. The topological polar surface area (TPSA) is 65.1 Å². The molecule has 0 spiro atoms. The zero-order valence-electron chi connectivity index (χ0n) is 13.6. The van der Waals surface area contributed by atoms with Crippen LogP contribution in [0.3, 0.4) is 0 Å². The first-order valence-corrected chi connectivity index (χ1v) is 7.82. The molecule has 1 aromatic carbocycles. The molecule has 1 aliphatic rings. The summed E-state index contributed by atoms with van der Waals surface area (Å²) in [5, 5.41) is 11.1. The summed E-state index contributed by atoms with van der Waals surface area (Å²) in [6, 6.07) is 0.934. The molecule has 0 bridgehead atoms. The van der Waals surface area contributed by atoms with Crippen molar-refractivity contribution in [3.05, 3.63) is 35.5 Å². The van der Waals surface area contributed by atoms with Crippen molar-refractivity contribution in [1.82, 2.24) is 10.3 Å². The fourth-order valence-electron chi connectivity index (χ4n) is 3.22. The van der Waals surface area contributed by atoms with E-state index in [0.717, 1.165) is 0 Å². The Labute approximate surface area is 151 Å². The number of nitrogens with one attached hydrogen (secondary N) is 2. The van der Waals surface area contributed by atoms with Gasteiger partial charge in [0.1, 0.15) is 12.1 Å².